The fraction of sp³-hybridized carbons (Fsp3) is 0.818. The van der Waals surface area contributed by atoms with E-state index in [0.717, 1.165) is 6.54 Å². The minimum Gasteiger partial charge on any atom is -0.383 e. The SMILES string of the molecule is COCCN(CCC#N)CCC(=O)N(C)C. The lowest BCUT2D eigenvalue weighted by Gasteiger charge is -2.21. The first-order chi connectivity index (χ1) is 7.61. The highest BCUT2D eigenvalue weighted by Gasteiger charge is 2.09. The van der Waals surface area contributed by atoms with E-state index < -0.39 is 0 Å². The third-order valence-corrected chi connectivity index (χ3v) is 2.29. The topological polar surface area (TPSA) is 56.6 Å². The largest absolute Gasteiger partial charge is 0.383 e. The van der Waals surface area contributed by atoms with Gasteiger partial charge in [-0.05, 0) is 0 Å². The van der Waals surface area contributed by atoms with Crippen LogP contribution < -0.4 is 0 Å². The lowest BCUT2D eigenvalue weighted by atomic mass is 10.3. The van der Waals surface area contributed by atoms with E-state index in [1.54, 1.807) is 26.1 Å². The number of carbonyl (C=O) groups is 1. The number of rotatable bonds is 8. The van der Waals surface area contributed by atoms with Gasteiger partial charge in [0.25, 0.3) is 0 Å². The minimum atomic E-state index is 0.111. The zero-order valence-electron chi connectivity index (χ0n) is 10.4. The van der Waals surface area contributed by atoms with E-state index >= 15 is 0 Å². The Morgan fingerprint density at radius 2 is 2.00 bits per heavy atom. The Morgan fingerprint density at radius 3 is 2.50 bits per heavy atom. The fourth-order valence-electron chi connectivity index (χ4n) is 1.24. The number of hydrogen-bond donors (Lipinski definition) is 0. The third-order valence-electron chi connectivity index (χ3n) is 2.29. The first kappa shape index (κ1) is 14.9. The van der Waals surface area contributed by atoms with Gasteiger partial charge in [0.2, 0.25) is 5.91 Å². The molecule has 0 radical (unpaired) electrons. The average molecular weight is 227 g/mol. The van der Waals surface area contributed by atoms with Crippen molar-refractivity contribution >= 4 is 5.91 Å². The third kappa shape index (κ3) is 7.21. The molecule has 0 atom stereocenters. The molecule has 0 aromatic heterocycles. The van der Waals surface area contributed by atoms with Crippen molar-refractivity contribution in [1.82, 2.24) is 9.80 Å². The number of carbonyl (C=O) groups excluding carboxylic acids is 1. The zero-order valence-corrected chi connectivity index (χ0v) is 10.4. The molecule has 0 aromatic rings. The fourth-order valence-corrected chi connectivity index (χ4v) is 1.24. The Hall–Kier alpha value is -1.12. The quantitative estimate of drug-likeness (QED) is 0.599. The minimum absolute atomic E-state index is 0.111. The van der Waals surface area contributed by atoms with Gasteiger partial charge in [-0.2, -0.15) is 5.26 Å². The molecule has 5 heteroatoms. The normalized spacial score (nSPS) is 10.2. The van der Waals surface area contributed by atoms with E-state index in [1.807, 2.05) is 0 Å². The van der Waals surface area contributed by atoms with E-state index in [4.69, 9.17) is 10.00 Å². The number of methoxy groups -OCH3 is 1. The molecule has 0 aliphatic rings. The molecule has 0 bridgehead atoms. The van der Waals surface area contributed by atoms with Crippen LogP contribution in [0.4, 0.5) is 0 Å². The van der Waals surface area contributed by atoms with Gasteiger partial charge >= 0.3 is 0 Å². The Kier molecular flexibility index (Phi) is 8.49. The summed E-state index contributed by atoms with van der Waals surface area (Å²) < 4.78 is 4.99. The van der Waals surface area contributed by atoms with Crippen LogP contribution in [0.2, 0.25) is 0 Å². The van der Waals surface area contributed by atoms with Crippen LogP contribution in [-0.4, -0.2) is 63.2 Å². The monoisotopic (exact) mass is 227 g/mol. The second-order valence-corrected chi connectivity index (χ2v) is 3.78. The van der Waals surface area contributed by atoms with Crippen molar-refractivity contribution in [2.45, 2.75) is 12.8 Å². The standard InChI is InChI=1S/C11H21N3O2/c1-13(2)11(15)5-8-14(7-4-6-12)9-10-16-3/h4-5,7-10H2,1-3H3. The second-order valence-electron chi connectivity index (χ2n) is 3.78. The number of hydrogen-bond acceptors (Lipinski definition) is 4. The van der Waals surface area contributed by atoms with E-state index in [0.29, 0.717) is 32.5 Å². The molecule has 0 heterocycles. The maximum atomic E-state index is 11.4. The Labute approximate surface area is 97.6 Å². The molecule has 0 rings (SSSR count). The van der Waals surface area contributed by atoms with Crippen LogP contribution >= 0.6 is 0 Å². The molecule has 0 fully saturated rings. The zero-order chi connectivity index (χ0) is 12.4. The summed E-state index contributed by atoms with van der Waals surface area (Å²) in [6, 6.07) is 2.11. The molecule has 5 nitrogen and oxygen atoms in total. The Morgan fingerprint density at radius 1 is 1.31 bits per heavy atom. The maximum Gasteiger partial charge on any atom is 0.223 e. The van der Waals surface area contributed by atoms with E-state index in [1.165, 1.54) is 0 Å². The number of nitriles is 1. The predicted molar refractivity (Wildman–Crippen MR) is 61.9 cm³/mol. The van der Waals surface area contributed by atoms with Gasteiger partial charge in [0.15, 0.2) is 0 Å². The molecule has 0 aliphatic heterocycles. The van der Waals surface area contributed by atoms with Crippen molar-refractivity contribution in [3.05, 3.63) is 0 Å². The van der Waals surface area contributed by atoms with Gasteiger partial charge in [-0.1, -0.05) is 0 Å². The highest BCUT2D eigenvalue weighted by atomic mass is 16.5. The molecular weight excluding hydrogens is 206 g/mol. The highest BCUT2D eigenvalue weighted by molar-refractivity contribution is 5.75. The number of amides is 1. The highest BCUT2D eigenvalue weighted by Crippen LogP contribution is 1.96. The van der Waals surface area contributed by atoms with Gasteiger partial charge in [0, 0.05) is 53.7 Å². The van der Waals surface area contributed by atoms with Crippen molar-refractivity contribution < 1.29 is 9.53 Å². The molecular formula is C11H21N3O2. The molecule has 0 unspecified atom stereocenters. The molecule has 0 saturated carbocycles. The summed E-state index contributed by atoms with van der Waals surface area (Å²) in [5, 5.41) is 8.52. The summed E-state index contributed by atoms with van der Waals surface area (Å²) >= 11 is 0. The average Bonchev–Trinajstić information content (AvgIpc) is 2.27. The van der Waals surface area contributed by atoms with Crippen molar-refractivity contribution in [1.29, 1.82) is 5.26 Å². The second kappa shape index (κ2) is 9.13. The maximum absolute atomic E-state index is 11.4. The van der Waals surface area contributed by atoms with Crippen LogP contribution in [0.3, 0.4) is 0 Å². The lowest BCUT2D eigenvalue weighted by molar-refractivity contribution is -0.129. The van der Waals surface area contributed by atoms with E-state index in [2.05, 4.69) is 11.0 Å². The molecule has 0 spiro atoms. The van der Waals surface area contributed by atoms with Gasteiger partial charge < -0.3 is 9.64 Å². The smallest absolute Gasteiger partial charge is 0.223 e. The molecule has 0 aromatic carbocycles. The van der Waals surface area contributed by atoms with Crippen LogP contribution in [0.5, 0.6) is 0 Å². The molecule has 0 saturated heterocycles. The van der Waals surface area contributed by atoms with E-state index in [9.17, 15) is 4.79 Å². The summed E-state index contributed by atoms with van der Waals surface area (Å²) in [5.41, 5.74) is 0. The number of ether oxygens (including phenoxy) is 1. The van der Waals surface area contributed by atoms with Gasteiger partial charge in [-0.15, -0.1) is 0 Å². The summed E-state index contributed by atoms with van der Waals surface area (Å²) in [4.78, 5) is 15.1. The first-order valence-electron chi connectivity index (χ1n) is 5.40. The summed E-state index contributed by atoms with van der Waals surface area (Å²) in [6.45, 7) is 2.77. The molecule has 0 aliphatic carbocycles. The Bertz CT molecular complexity index is 236. The van der Waals surface area contributed by atoms with Crippen LogP contribution in [0.15, 0.2) is 0 Å². The predicted octanol–water partition coefficient (Wildman–Crippen LogP) is 0.327. The van der Waals surface area contributed by atoms with Crippen LogP contribution in [0, 0.1) is 11.3 Å². The van der Waals surface area contributed by atoms with Crippen LogP contribution in [-0.2, 0) is 9.53 Å². The van der Waals surface area contributed by atoms with Crippen molar-refractivity contribution in [2.75, 3.05) is 47.4 Å². The van der Waals surface area contributed by atoms with Crippen molar-refractivity contribution in [3.63, 3.8) is 0 Å². The summed E-state index contributed by atoms with van der Waals surface area (Å²) in [7, 11) is 5.14. The van der Waals surface area contributed by atoms with Gasteiger partial charge in [0.1, 0.15) is 0 Å². The number of nitrogens with zero attached hydrogens (tertiary/aromatic N) is 3. The van der Waals surface area contributed by atoms with Gasteiger partial charge in [0.05, 0.1) is 12.7 Å². The van der Waals surface area contributed by atoms with Gasteiger partial charge in [-0.25, -0.2) is 0 Å². The van der Waals surface area contributed by atoms with Crippen molar-refractivity contribution in [3.8, 4) is 6.07 Å². The Balaban J connectivity index is 3.90. The van der Waals surface area contributed by atoms with Crippen LogP contribution in [0.25, 0.3) is 0 Å². The van der Waals surface area contributed by atoms with Gasteiger partial charge in [-0.3, -0.25) is 9.69 Å². The van der Waals surface area contributed by atoms with Crippen LogP contribution in [0.1, 0.15) is 12.8 Å². The van der Waals surface area contributed by atoms with E-state index in [-0.39, 0.29) is 5.91 Å². The molecule has 0 N–H and O–H groups in total. The molecule has 16 heavy (non-hydrogen) atoms. The summed E-state index contributed by atoms with van der Waals surface area (Å²) in [6.07, 6.45) is 0.974. The molecule has 92 valence electrons. The lowest BCUT2D eigenvalue weighted by Crippen LogP contribution is -2.33. The van der Waals surface area contributed by atoms with Crippen molar-refractivity contribution in [2.24, 2.45) is 0 Å². The summed E-state index contributed by atoms with van der Waals surface area (Å²) in [5.74, 6) is 0.111. The molecule has 1 amide bonds. The first-order valence-corrected chi connectivity index (χ1v) is 5.40.